The quantitative estimate of drug-likeness (QED) is 0.639. The third kappa shape index (κ3) is 8.27. The lowest BCUT2D eigenvalue weighted by molar-refractivity contribution is 0.184. The van der Waals surface area contributed by atoms with E-state index in [1.165, 1.54) is 16.7 Å². The highest BCUT2D eigenvalue weighted by Crippen LogP contribution is 2.21. The second-order valence-electron chi connectivity index (χ2n) is 6.39. The van der Waals surface area contributed by atoms with Crippen molar-refractivity contribution < 1.29 is 19.1 Å². The largest absolute Gasteiger partial charge is 0.508 e. The maximum atomic E-state index is 8.94. The third-order valence-corrected chi connectivity index (χ3v) is 3.98. The zero-order chi connectivity index (χ0) is 20.9. The molecule has 2 aromatic carbocycles. The molecular weight excluding hydrogens is 354 g/mol. The molecule has 152 valence electrons. The summed E-state index contributed by atoms with van der Waals surface area (Å²) in [5.74, 6) is 1.38. The average molecular weight is 386 g/mol. The summed E-state index contributed by atoms with van der Waals surface area (Å²) in [4.78, 5) is 0. The van der Waals surface area contributed by atoms with Gasteiger partial charge >= 0.3 is 0 Å². The first-order valence-electron chi connectivity index (χ1n) is 9.21. The first kappa shape index (κ1) is 23.2. The van der Waals surface area contributed by atoms with E-state index in [4.69, 9.17) is 14.6 Å². The number of methoxy groups -OCH3 is 1. The summed E-state index contributed by atoms with van der Waals surface area (Å²) in [6.45, 7) is 11.5. The van der Waals surface area contributed by atoms with Gasteiger partial charge in [0.2, 0.25) is 0 Å². The highest BCUT2D eigenvalue weighted by atomic mass is 16.5. The Hall–Kier alpha value is -2.79. The normalized spacial score (nSPS) is 9.64. The highest BCUT2D eigenvalue weighted by molar-refractivity contribution is 5.39. The van der Waals surface area contributed by atoms with Crippen LogP contribution in [0.15, 0.2) is 53.4 Å². The minimum atomic E-state index is 0.345. The minimum Gasteiger partial charge on any atom is -0.508 e. The number of nitrogens with zero attached hydrogens (tertiary/aromatic N) is 1. The lowest BCUT2D eigenvalue weighted by atomic mass is 10.1. The van der Waals surface area contributed by atoms with E-state index in [1.807, 2.05) is 32.9 Å². The molecular formula is C23H31NO4. The Kier molecular flexibility index (Phi) is 10.4. The van der Waals surface area contributed by atoms with Crippen LogP contribution in [-0.4, -0.2) is 24.0 Å². The van der Waals surface area contributed by atoms with Gasteiger partial charge in [0, 0.05) is 12.7 Å². The Bertz CT molecular complexity index is 793. The molecule has 0 radical (unpaired) electrons. The Morgan fingerprint density at radius 2 is 1.64 bits per heavy atom. The molecule has 0 aliphatic carbocycles. The number of ether oxygens (including phenoxy) is 2. The lowest BCUT2D eigenvalue weighted by Gasteiger charge is -2.08. The molecule has 1 aromatic heterocycles. The number of phenols is 1. The molecule has 0 fully saturated rings. The standard InChI is InChI=1S/C10H14O.C8H10O.C5H7NO2/c1-4-11-10-8(2)6-5-7-9(10)3;1-6-3-4-8(9)5-7(6)2;1-7-3-5-2-6-8-4-5/h5-7H,4H2,1-3H3;3-5,9H,1-2H3;2,4H,3H2,1H3. The zero-order valence-corrected chi connectivity index (χ0v) is 17.7. The summed E-state index contributed by atoms with van der Waals surface area (Å²) < 4.78 is 14.8. The zero-order valence-electron chi connectivity index (χ0n) is 17.7. The molecule has 0 saturated carbocycles. The molecule has 3 aromatic rings. The summed E-state index contributed by atoms with van der Waals surface area (Å²) in [7, 11) is 1.63. The van der Waals surface area contributed by atoms with Gasteiger partial charge in [-0.25, -0.2) is 0 Å². The molecule has 0 unspecified atom stereocenters. The molecule has 1 N–H and O–H groups in total. The van der Waals surface area contributed by atoms with Crippen LogP contribution in [0.4, 0.5) is 0 Å². The SMILES string of the molecule is CCOc1c(C)cccc1C.COCc1cnoc1.Cc1ccc(O)cc1C. The Morgan fingerprint density at radius 1 is 0.964 bits per heavy atom. The van der Waals surface area contributed by atoms with Gasteiger partial charge in [-0.15, -0.1) is 0 Å². The van der Waals surface area contributed by atoms with Gasteiger partial charge in [-0.05, 0) is 69.0 Å². The van der Waals surface area contributed by atoms with E-state index in [0.29, 0.717) is 12.4 Å². The third-order valence-electron chi connectivity index (χ3n) is 3.98. The second-order valence-corrected chi connectivity index (χ2v) is 6.39. The summed E-state index contributed by atoms with van der Waals surface area (Å²) in [6.07, 6.45) is 3.19. The number of phenolic OH excluding ortho intramolecular Hbond substituents is 1. The van der Waals surface area contributed by atoms with Crippen molar-refractivity contribution in [2.75, 3.05) is 13.7 Å². The molecule has 0 aliphatic rings. The fourth-order valence-corrected chi connectivity index (χ4v) is 2.36. The number of para-hydroxylation sites is 1. The van der Waals surface area contributed by atoms with E-state index in [0.717, 1.165) is 23.5 Å². The van der Waals surface area contributed by atoms with Gasteiger partial charge in [0.05, 0.1) is 19.4 Å². The molecule has 0 saturated heterocycles. The second kappa shape index (κ2) is 12.6. The minimum absolute atomic E-state index is 0.345. The number of aryl methyl sites for hydroxylation is 4. The summed E-state index contributed by atoms with van der Waals surface area (Å²) in [5.41, 5.74) is 5.74. The summed E-state index contributed by atoms with van der Waals surface area (Å²) in [5, 5.41) is 12.4. The van der Waals surface area contributed by atoms with Crippen LogP contribution in [0.2, 0.25) is 0 Å². The van der Waals surface area contributed by atoms with Gasteiger partial charge in [-0.1, -0.05) is 29.4 Å². The first-order chi connectivity index (χ1) is 13.4. The average Bonchev–Trinajstić information content (AvgIpc) is 3.17. The van der Waals surface area contributed by atoms with Crippen LogP contribution in [0.3, 0.4) is 0 Å². The van der Waals surface area contributed by atoms with Gasteiger partial charge in [-0.2, -0.15) is 0 Å². The van der Waals surface area contributed by atoms with Crippen molar-refractivity contribution in [2.24, 2.45) is 0 Å². The first-order valence-corrected chi connectivity index (χ1v) is 9.21. The Balaban J connectivity index is 0.000000213. The smallest absolute Gasteiger partial charge is 0.129 e. The molecule has 0 bridgehead atoms. The van der Waals surface area contributed by atoms with Gasteiger partial charge in [0.25, 0.3) is 0 Å². The number of aromatic nitrogens is 1. The number of hydrogen-bond acceptors (Lipinski definition) is 5. The number of benzene rings is 2. The van der Waals surface area contributed by atoms with Crippen molar-refractivity contribution in [3.63, 3.8) is 0 Å². The van der Waals surface area contributed by atoms with Crippen LogP contribution in [0.1, 0.15) is 34.7 Å². The molecule has 1 heterocycles. The van der Waals surface area contributed by atoms with Gasteiger partial charge in [0.1, 0.15) is 17.8 Å². The van der Waals surface area contributed by atoms with Crippen molar-refractivity contribution in [3.8, 4) is 11.5 Å². The molecule has 0 amide bonds. The van der Waals surface area contributed by atoms with Crippen molar-refractivity contribution in [1.29, 1.82) is 0 Å². The molecule has 28 heavy (non-hydrogen) atoms. The van der Waals surface area contributed by atoms with E-state index in [1.54, 1.807) is 31.7 Å². The molecule has 3 rings (SSSR count). The van der Waals surface area contributed by atoms with Crippen molar-refractivity contribution in [2.45, 2.75) is 41.2 Å². The predicted octanol–water partition coefficient (Wildman–Crippen LogP) is 5.53. The van der Waals surface area contributed by atoms with Crippen LogP contribution in [-0.2, 0) is 11.3 Å². The highest BCUT2D eigenvalue weighted by Gasteiger charge is 2.00. The van der Waals surface area contributed by atoms with Crippen molar-refractivity contribution in [3.05, 3.63) is 76.7 Å². The maximum Gasteiger partial charge on any atom is 0.129 e. The molecule has 5 heteroatoms. The lowest BCUT2D eigenvalue weighted by Crippen LogP contribution is -1.95. The van der Waals surface area contributed by atoms with Gasteiger partial charge in [-0.3, -0.25) is 0 Å². The monoisotopic (exact) mass is 385 g/mol. The van der Waals surface area contributed by atoms with E-state index in [-0.39, 0.29) is 0 Å². The molecule has 5 nitrogen and oxygen atoms in total. The predicted molar refractivity (Wildman–Crippen MR) is 112 cm³/mol. The van der Waals surface area contributed by atoms with Crippen LogP contribution in [0.25, 0.3) is 0 Å². The van der Waals surface area contributed by atoms with Crippen LogP contribution in [0, 0.1) is 27.7 Å². The van der Waals surface area contributed by atoms with Crippen LogP contribution >= 0.6 is 0 Å². The van der Waals surface area contributed by atoms with E-state index >= 15 is 0 Å². The fraction of sp³-hybridized carbons (Fsp3) is 0.348. The number of rotatable bonds is 4. The van der Waals surface area contributed by atoms with E-state index < -0.39 is 0 Å². The topological polar surface area (TPSA) is 64.7 Å². The molecule has 0 spiro atoms. The van der Waals surface area contributed by atoms with Crippen LogP contribution < -0.4 is 4.74 Å². The van der Waals surface area contributed by atoms with Gasteiger partial charge in [0.15, 0.2) is 0 Å². The van der Waals surface area contributed by atoms with E-state index in [2.05, 4.69) is 35.7 Å². The summed E-state index contributed by atoms with van der Waals surface area (Å²) in [6, 6.07) is 11.5. The Labute approximate surface area is 167 Å². The fourth-order valence-electron chi connectivity index (χ4n) is 2.36. The van der Waals surface area contributed by atoms with Crippen molar-refractivity contribution in [1.82, 2.24) is 5.16 Å². The molecule has 0 atom stereocenters. The van der Waals surface area contributed by atoms with Crippen molar-refractivity contribution >= 4 is 0 Å². The van der Waals surface area contributed by atoms with E-state index in [9.17, 15) is 0 Å². The Morgan fingerprint density at radius 3 is 2.11 bits per heavy atom. The van der Waals surface area contributed by atoms with Gasteiger partial charge < -0.3 is 19.1 Å². The number of hydrogen-bond donors (Lipinski definition) is 1. The molecule has 0 aliphatic heterocycles. The van der Waals surface area contributed by atoms with Crippen LogP contribution in [0.5, 0.6) is 11.5 Å². The maximum absolute atomic E-state index is 8.94. The summed E-state index contributed by atoms with van der Waals surface area (Å²) >= 11 is 0. The number of aromatic hydroxyl groups is 1.